The highest BCUT2D eigenvalue weighted by Crippen LogP contribution is 2.31. The SMILES string of the molecule is Cc1cc([C@@H]2C[C@@H](O)C(=O)N2C)on1. The minimum atomic E-state index is -0.907. The minimum absolute atomic E-state index is 0.182. The van der Waals surface area contributed by atoms with Crippen LogP contribution in [0, 0.1) is 6.92 Å². The highest BCUT2D eigenvalue weighted by Gasteiger charge is 2.38. The van der Waals surface area contributed by atoms with E-state index in [1.807, 2.05) is 6.92 Å². The van der Waals surface area contributed by atoms with Crippen LogP contribution in [0.15, 0.2) is 10.6 Å². The molecule has 1 saturated heterocycles. The second kappa shape index (κ2) is 3.09. The topological polar surface area (TPSA) is 66.6 Å². The summed E-state index contributed by atoms with van der Waals surface area (Å²) in [5, 5.41) is 13.1. The maximum atomic E-state index is 11.3. The fourth-order valence-electron chi connectivity index (χ4n) is 1.71. The van der Waals surface area contributed by atoms with Gasteiger partial charge in [0.2, 0.25) is 0 Å². The molecule has 1 aliphatic heterocycles. The van der Waals surface area contributed by atoms with E-state index in [-0.39, 0.29) is 11.9 Å². The Bertz CT molecular complexity index is 361. The summed E-state index contributed by atoms with van der Waals surface area (Å²) in [5.74, 6) is 0.374. The van der Waals surface area contributed by atoms with E-state index in [0.717, 1.165) is 5.69 Å². The zero-order valence-corrected chi connectivity index (χ0v) is 8.10. The van der Waals surface area contributed by atoms with Crippen LogP contribution in [0.3, 0.4) is 0 Å². The number of aromatic nitrogens is 1. The molecule has 0 aromatic carbocycles. The molecule has 2 rings (SSSR count). The third-order valence-electron chi connectivity index (χ3n) is 2.52. The number of hydrogen-bond acceptors (Lipinski definition) is 4. The predicted octanol–water partition coefficient (Wildman–Crippen LogP) is 0.247. The summed E-state index contributed by atoms with van der Waals surface area (Å²) < 4.78 is 5.06. The van der Waals surface area contributed by atoms with E-state index in [2.05, 4.69) is 5.16 Å². The van der Waals surface area contributed by atoms with Gasteiger partial charge in [-0.3, -0.25) is 4.79 Å². The molecule has 1 fully saturated rings. The number of likely N-dealkylation sites (N-methyl/N-ethyl adjacent to an activating group) is 1. The van der Waals surface area contributed by atoms with Gasteiger partial charge in [-0.25, -0.2) is 0 Å². The van der Waals surface area contributed by atoms with Crippen LogP contribution in [0.1, 0.15) is 23.9 Å². The minimum Gasteiger partial charge on any atom is -0.383 e. The summed E-state index contributed by atoms with van der Waals surface area (Å²) in [7, 11) is 1.65. The number of carbonyl (C=O) groups is 1. The highest BCUT2D eigenvalue weighted by molar-refractivity contribution is 5.83. The summed E-state index contributed by atoms with van der Waals surface area (Å²) in [4.78, 5) is 12.8. The van der Waals surface area contributed by atoms with E-state index < -0.39 is 6.10 Å². The predicted molar refractivity (Wildman–Crippen MR) is 47.4 cm³/mol. The first-order chi connectivity index (χ1) is 6.59. The first kappa shape index (κ1) is 9.21. The third kappa shape index (κ3) is 1.29. The number of aliphatic hydroxyl groups is 1. The van der Waals surface area contributed by atoms with Crippen LogP contribution in [0.2, 0.25) is 0 Å². The van der Waals surface area contributed by atoms with Crippen molar-refractivity contribution >= 4 is 5.91 Å². The Morgan fingerprint density at radius 1 is 1.71 bits per heavy atom. The molecule has 0 spiro atoms. The van der Waals surface area contributed by atoms with Gasteiger partial charge in [-0.15, -0.1) is 0 Å². The van der Waals surface area contributed by atoms with Crippen LogP contribution in [-0.2, 0) is 4.79 Å². The molecular formula is C9H12N2O3. The molecule has 0 saturated carbocycles. The lowest BCUT2D eigenvalue weighted by molar-refractivity contribution is -0.134. The fraction of sp³-hybridized carbons (Fsp3) is 0.556. The largest absolute Gasteiger partial charge is 0.383 e. The Morgan fingerprint density at radius 3 is 2.86 bits per heavy atom. The quantitative estimate of drug-likeness (QED) is 0.699. The molecule has 1 aromatic rings. The highest BCUT2D eigenvalue weighted by atomic mass is 16.5. The molecule has 0 unspecified atom stereocenters. The Kier molecular flexibility index (Phi) is 2.03. The van der Waals surface area contributed by atoms with Gasteiger partial charge >= 0.3 is 0 Å². The number of carbonyl (C=O) groups excluding carboxylic acids is 1. The Balaban J connectivity index is 2.25. The summed E-state index contributed by atoms with van der Waals surface area (Å²) >= 11 is 0. The summed E-state index contributed by atoms with van der Waals surface area (Å²) in [6.45, 7) is 1.82. The van der Waals surface area contributed by atoms with Gasteiger partial charge in [0.1, 0.15) is 6.10 Å². The standard InChI is InChI=1S/C9H12N2O3/c1-5-3-8(14-10-5)6-4-7(12)9(13)11(6)2/h3,6-7,12H,4H2,1-2H3/t6-,7+/m0/s1. The van der Waals surface area contributed by atoms with Crippen LogP contribution >= 0.6 is 0 Å². The second-order valence-electron chi connectivity index (χ2n) is 3.59. The zero-order valence-electron chi connectivity index (χ0n) is 8.10. The van der Waals surface area contributed by atoms with Crippen molar-refractivity contribution < 1.29 is 14.4 Å². The van der Waals surface area contributed by atoms with E-state index in [9.17, 15) is 9.90 Å². The number of amides is 1. The van der Waals surface area contributed by atoms with Crippen molar-refractivity contribution in [2.45, 2.75) is 25.5 Å². The van der Waals surface area contributed by atoms with Gasteiger partial charge in [0, 0.05) is 19.5 Å². The van der Waals surface area contributed by atoms with Crippen LogP contribution in [0.4, 0.5) is 0 Å². The number of aryl methyl sites for hydroxylation is 1. The summed E-state index contributed by atoms with van der Waals surface area (Å²) in [5.41, 5.74) is 0.780. The van der Waals surface area contributed by atoms with Crippen LogP contribution in [-0.4, -0.2) is 34.2 Å². The average molecular weight is 196 g/mol. The Labute approximate surface area is 81.3 Å². The van der Waals surface area contributed by atoms with Crippen molar-refractivity contribution in [1.82, 2.24) is 10.1 Å². The van der Waals surface area contributed by atoms with E-state index in [4.69, 9.17) is 4.52 Å². The fourth-order valence-corrected chi connectivity index (χ4v) is 1.71. The normalized spacial score (nSPS) is 27.4. The van der Waals surface area contributed by atoms with Gasteiger partial charge in [0.05, 0.1) is 11.7 Å². The molecule has 14 heavy (non-hydrogen) atoms. The van der Waals surface area contributed by atoms with E-state index in [0.29, 0.717) is 12.2 Å². The van der Waals surface area contributed by atoms with Crippen molar-refractivity contribution in [1.29, 1.82) is 0 Å². The van der Waals surface area contributed by atoms with Crippen LogP contribution < -0.4 is 0 Å². The van der Waals surface area contributed by atoms with E-state index >= 15 is 0 Å². The first-order valence-electron chi connectivity index (χ1n) is 4.47. The van der Waals surface area contributed by atoms with Crippen molar-refractivity contribution in [2.75, 3.05) is 7.05 Å². The number of nitrogens with zero attached hydrogens (tertiary/aromatic N) is 2. The van der Waals surface area contributed by atoms with Gasteiger partial charge in [0.25, 0.3) is 5.91 Å². The molecule has 0 aliphatic carbocycles. The van der Waals surface area contributed by atoms with Crippen molar-refractivity contribution in [3.63, 3.8) is 0 Å². The molecular weight excluding hydrogens is 184 g/mol. The van der Waals surface area contributed by atoms with Crippen molar-refractivity contribution in [3.8, 4) is 0 Å². The molecule has 0 bridgehead atoms. The molecule has 5 heteroatoms. The van der Waals surface area contributed by atoms with Gasteiger partial charge in [0.15, 0.2) is 5.76 Å². The molecule has 5 nitrogen and oxygen atoms in total. The van der Waals surface area contributed by atoms with Gasteiger partial charge in [-0.2, -0.15) is 0 Å². The maximum absolute atomic E-state index is 11.3. The number of hydrogen-bond donors (Lipinski definition) is 1. The van der Waals surface area contributed by atoms with Gasteiger partial charge < -0.3 is 14.5 Å². The smallest absolute Gasteiger partial charge is 0.251 e. The van der Waals surface area contributed by atoms with Gasteiger partial charge in [-0.1, -0.05) is 5.16 Å². The van der Waals surface area contributed by atoms with Crippen LogP contribution in [0.5, 0.6) is 0 Å². The molecule has 0 radical (unpaired) electrons. The lowest BCUT2D eigenvalue weighted by atomic mass is 10.1. The number of aliphatic hydroxyl groups excluding tert-OH is 1. The summed E-state index contributed by atoms with van der Waals surface area (Å²) in [6.07, 6.45) is -0.528. The Hall–Kier alpha value is -1.36. The zero-order chi connectivity index (χ0) is 10.3. The molecule has 76 valence electrons. The average Bonchev–Trinajstić information content (AvgIpc) is 2.66. The molecule has 1 aliphatic rings. The second-order valence-corrected chi connectivity index (χ2v) is 3.59. The van der Waals surface area contributed by atoms with Crippen molar-refractivity contribution in [2.24, 2.45) is 0 Å². The number of likely N-dealkylation sites (tertiary alicyclic amines) is 1. The van der Waals surface area contributed by atoms with E-state index in [1.165, 1.54) is 4.90 Å². The van der Waals surface area contributed by atoms with Gasteiger partial charge in [-0.05, 0) is 6.92 Å². The van der Waals surface area contributed by atoms with E-state index in [1.54, 1.807) is 13.1 Å². The first-order valence-corrected chi connectivity index (χ1v) is 4.47. The molecule has 1 amide bonds. The molecule has 2 atom stereocenters. The Morgan fingerprint density at radius 2 is 2.43 bits per heavy atom. The molecule has 1 aromatic heterocycles. The molecule has 2 heterocycles. The van der Waals surface area contributed by atoms with Crippen LogP contribution in [0.25, 0.3) is 0 Å². The number of rotatable bonds is 1. The third-order valence-corrected chi connectivity index (χ3v) is 2.52. The lowest BCUT2D eigenvalue weighted by Gasteiger charge is -2.15. The monoisotopic (exact) mass is 196 g/mol. The summed E-state index contributed by atoms with van der Waals surface area (Å²) in [6, 6.07) is 1.60. The maximum Gasteiger partial charge on any atom is 0.251 e. The van der Waals surface area contributed by atoms with Crippen molar-refractivity contribution in [3.05, 3.63) is 17.5 Å². The lowest BCUT2D eigenvalue weighted by Crippen LogP contribution is -2.26. The molecule has 1 N–H and O–H groups in total.